The van der Waals surface area contributed by atoms with Crippen molar-refractivity contribution in [2.45, 2.75) is 98.2 Å². The Balaban J connectivity index is 2.41. The van der Waals surface area contributed by atoms with E-state index in [-0.39, 0.29) is 52.4 Å². The molecule has 1 atom stereocenters. The Morgan fingerprint density at radius 1 is 0.569 bits per heavy atom. The van der Waals surface area contributed by atoms with Crippen molar-refractivity contribution < 1.29 is 62.7 Å². The Labute approximate surface area is 341 Å². The summed E-state index contributed by atoms with van der Waals surface area (Å²) in [5.74, 6) is -4.46. The minimum Gasteiger partial charge on any atom is -0.482 e. The summed E-state index contributed by atoms with van der Waals surface area (Å²) in [6, 6.07) is 15.2. The van der Waals surface area contributed by atoms with E-state index in [1.807, 2.05) is 30.3 Å². The number of carbonyl (C=O) groups excluding carboxylic acids is 4. The van der Waals surface area contributed by atoms with Crippen molar-refractivity contribution in [3.8, 4) is 5.75 Å². The first-order valence-electron chi connectivity index (χ1n) is 19.0. The summed E-state index contributed by atoms with van der Waals surface area (Å²) >= 11 is 0. The van der Waals surface area contributed by atoms with Gasteiger partial charge in [-0.2, -0.15) is 0 Å². The van der Waals surface area contributed by atoms with Gasteiger partial charge in [-0.05, 0) is 92.0 Å². The van der Waals surface area contributed by atoms with Crippen LogP contribution in [0.3, 0.4) is 0 Å². The van der Waals surface area contributed by atoms with Gasteiger partial charge in [-0.3, -0.25) is 38.7 Å². The number of esters is 4. The van der Waals surface area contributed by atoms with Crippen LogP contribution >= 0.6 is 0 Å². The monoisotopic (exact) mass is 815 g/mol. The molecule has 2 rings (SSSR count). The number of ether oxygens (including phenoxy) is 5. The van der Waals surface area contributed by atoms with Crippen LogP contribution in [-0.4, -0.2) is 143 Å². The third-order valence-corrected chi connectivity index (χ3v) is 7.71. The van der Waals surface area contributed by atoms with Crippen molar-refractivity contribution >= 4 is 35.8 Å². The van der Waals surface area contributed by atoms with Crippen molar-refractivity contribution in [1.29, 1.82) is 0 Å². The number of hydrogen-bond donors (Lipinski definition) is 2. The molecule has 16 nitrogen and oxygen atoms in total. The molecule has 0 fully saturated rings. The van der Waals surface area contributed by atoms with Gasteiger partial charge in [0.2, 0.25) is 0 Å². The molecule has 0 aromatic heterocycles. The first-order chi connectivity index (χ1) is 26.9. The van der Waals surface area contributed by atoms with Crippen LogP contribution in [0.5, 0.6) is 5.75 Å². The predicted molar refractivity (Wildman–Crippen MR) is 213 cm³/mol. The van der Waals surface area contributed by atoms with Crippen LogP contribution in [0.2, 0.25) is 0 Å². The fourth-order valence-electron chi connectivity index (χ4n) is 5.59. The minimum absolute atomic E-state index is 0.00583. The highest BCUT2D eigenvalue weighted by Gasteiger charge is 2.30. The van der Waals surface area contributed by atoms with Gasteiger partial charge in [-0.25, -0.2) is 4.79 Å². The molecule has 0 saturated heterocycles. The predicted octanol–water partition coefficient (Wildman–Crippen LogP) is 3.82. The van der Waals surface area contributed by atoms with E-state index in [2.05, 4.69) is 0 Å². The van der Waals surface area contributed by atoms with Gasteiger partial charge in [-0.1, -0.05) is 42.5 Å². The van der Waals surface area contributed by atoms with Gasteiger partial charge in [0.25, 0.3) is 0 Å². The Morgan fingerprint density at radius 2 is 1.05 bits per heavy atom. The molecular weight excluding hydrogens is 754 g/mol. The highest BCUT2D eigenvalue weighted by molar-refractivity contribution is 5.75. The van der Waals surface area contributed by atoms with E-state index in [4.69, 9.17) is 23.7 Å². The van der Waals surface area contributed by atoms with Gasteiger partial charge in [0, 0.05) is 25.7 Å². The quantitative estimate of drug-likeness (QED) is 0.121. The lowest BCUT2D eigenvalue weighted by Gasteiger charge is -2.35. The molecule has 2 aromatic rings. The second-order valence-electron chi connectivity index (χ2n) is 16.8. The Bertz CT molecular complexity index is 1650. The molecule has 2 aromatic carbocycles. The lowest BCUT2D eigenvalue weighted by atomic mass is 10.0. The summed E-state index contributed by atoms with van der Waals surface area (Å²) in [6.45, 7) is 13.1. The molecule has 0 radical (unpaired) electrons. The summed E-state index contributed by atoms with van der Waals surface area (Å²) in [7, 11) is 0. The Hall–Kier alpha value is -5.06. The van der Waals surface area contributed by atoms with E-state index in [0.29, 0.717) is 11.3 Å². The van der Waals surface area contributed by atoms with E-state index < -0.39 is 78.3 Å². The van der Waals surface area contributed by atoms with Crippen LogP contribution in [0.15, 0.2) is 54.6 Å². The molecule has 0 amide bonds. The summed E-state index contributed by atoms with van der Waals surface area (Å²) in [6.07, 6.45) is 0.178. The molecule has 0 aliphatic rings. The van der Waals surface area contributed by atoms with Crippen molar-refractivity contribution in [2.24, 2.45) is 0 Å². The van der Waals surface area contributed by atoms with Crippen LogP contribution in [0, 0.1) is 0 Å². The maximum atomic E-state index is 13.2. The van der Waals surface area contributed by atoms with Crippen molar-refractivity contribution in [2.75, 3.05) is 59.0 Å². The largest absolute Gasteiger partial charge is 0.482 e. The number of hydrogen-bond acceptors (Lipinski definition) is 14. The average molecular weight is 816 g/mol. The molecule has 2 N–H and O–H groups in total. The standard InChI is InChI=1S/C42H61N3O13/c1-40(2,3)56-36(50)25-43(19-20-44(23-34(46)47)26-37(51)57-41(4,5)6)22-32(45(24-35(48)49)27-38(52)58-42(7,8)9)21-30-15-17-33(18-16-30)54-29-39(53)55-28-31-13-11-10-12-14-31/h10-18,32H,19-29H2,1-9H3,(H,46,47)(H,48,49). The van der Waals surface area contributed by atoms with E-state index in [0.717, 1.165) is 5.56 Å². The first kappa shape index (κ1) is 49.1. The average Bonchev–Trinajstić information content (AvgIpc) is 3.06. The van der Waals surface area contributed by atoms with E-state index in [1.165, 1.54) is 9.80 Å². The second-order valence-corrected chi connectivity index (χ2v) is 16.8. The number of nitrogens with zero attached hydrogens (tertiary/aromatic N) is 3. The molecule has 58 heavy (non-hydrogen) atoms. The third-order valence-electron chi connectivity index (χ3n) is 7.71. The third kappa shape index (κ3) is 22.6. The number of aliphatic carboxylic acids is 2. The summed E-state index contributed by atoms with van der Waals surface area (Å²) in [4.78, 5) is 79.9. The summed E-state index contributed by atoms with van der Waals surface area (Å²) in [5, 5.41) is 19.6. The van der Waals surface area contributed by atoms with Crippen LogP contribution < -0.4 is 4.74 Å². The molecular formula is C42H61N3O13. The van der Waals surface area contributed by atoms with Gasteiger partial charge >= 0.3 is 35.8 Å². The van der Waals surface area contributed by atoms with Crippen LogP contribution in [0.1, 0.15) is 73.4 Å². The maximum absolute atomic E-state index is 13.2. The summed E-state index contributed by atoms with van der Waals surface area (Å²) in [5.41, 5.74) is -0.944. The molecule has 0 spiro atoms. The smallest absolute Gasteiger partial charge is 0.344 e. The van der Waals surface area contributed by atoms with E-state index in [9.17, 15) is 39.0 Å². The summed E-state index contributed by atoms with van der Waals surface area (Å²) < 4.78 is 27.5. The van der Waals surface area contributed by atoms with Crippen molar-refractivity contribution in [3.05, 3.63) is 65.7 Å². The fraction of sp³-hybridized carbons (Fsp3) is 0.571. The van der Waals surface area contributed by atoms with E-state index >= 15 is 0 Å². The molecule has 0 bridgehead atoms. The van der Waals surface area contributed by atoms with Crippen molar-refractivity contribution in [3.63, 3.8) is 0 Å². The zero-order valence-electron chi connectivity index (χ0n) is 35.3. The Morgan fingerprint density at radius 3 is 1.55 bits per heavy atom. The Kier molecular flexibility index (Phi) is 19.3. The molecule has 322 valence electrons. The first-order valence-corrected chi connectivity index (χ1v) is 19.0. The molecule has 0 aliphatic carbocycles. The van der Waals surface area contributed by atoms with E-state index in [1.54, 1.807) is 91.5 Å². The molecule has 0 saturated carbocycles. The van der Waals surface area contributed by atoms with Gasteiger partial charge in [0.15, 0.2) is 6.61 Å². The molecule has 16 heteroatoms. The topological polar surface area (TPSA) is 199 Å². The highest BCUT2D eigenvalue weighted by Crippen LogP contribution is 2.19. The zero-order valence-corrected chi connectivity index (χ0v) is 35.3. The number of benzene rings is 2. The van der Waals surface area contributed by atoms with Gasteiger partial charge in [0.1, 0.15) is 29.2 Å². The van der Waals surface area contributed by atoms with Gasteiger partial charge in [-0.15, -0.1) is 0 Å². The minimum atomic E-state index is -1.21. The fourth-order valence-corrected chi connectivity index (χ4v) is 5.59. The van der Waals surface area contributed by atoms with Crippen LogP contribution in [0.4, 0.5) is 0 Å². The maximum Gasteiger partial charge on any atom is 0.344 e. The zero-order chi connectivity index (χ0) is 43.7. The highest BCUT2D eigenvalue weighted by atomic mass is 16.6. The number of carboxylic acids is 2. The molecule has 1 unspecified atom stereocenters. The SMILES string of the molecule is CC(C)(C)OC(=O)CN(CCN(CC(=O)OC(C)(C)C)CC(Cc1ccc(OCC(=O)OCc2ccccc2)cc1)N(CC(=O)O)CC(=O)OC(C)(C)C)CC(=O)O. The van der Waals surface area contributed by atoms with Gasteiger partial charge < -0.3 is 33.9 Å². The van der Waals surface area contributed by atoms with Gasteiger partial charge in [0.05, 0.1) is 32.7 Å². The number of carboxylic acid groups (broad SMARTS) is 2. The van der Waals surface area contributed by atoms with Crippen LogP contribution in [-0.2, 0) is 60.7 Å². The second kappa shape index (κ2) is 22.8. The number of carbonyl (C=O) groups is 6. The van der Waals surface area contributed by atoms with Crippen LogP contribution in [0.25, 0.3) is 0 Å². The normalized spacial score (nSPS) is 12.6. The molecule has 0 aliphatic heterocycles. The lowest BCUT2D eigenvalue weighted by Crippen LogP contribution is -2.52. The molecule has 0 heterocycles. The number of rotatable bonds is 23. The lowest BCUT2D eigenvalue weighted by molar-refractivity contribution is -0.159. The van der Waals surface area contributed by atoms with Crippen molar-refractivity contribution in [1.82, 2.24) is 14.7 Å².